The molecule has 0 aromatic heterocycles. The lowest BCUT2D eigenvalue weighted by molar-refractivity contribution is -0.128. The van der Waals surface area contributed by atoms with E-state index in [1.54, 1.807) is 4.90 Å². The molecule has 1 aromatic rings. The fourth-order valence-electron chi connectivity index (χ4n) is 2.70. The van der Waals surface area contributed by atoms with E-state index in [0.29, 0.717) is 6.54 Å². The number of likely N-dealkylation sites (tertiary alicyclic amines) is 1. The van der Waals surface area contributed by atoms with Gasteiger partial charge in [-0.05, 0) is 26.6 Å². The van der Waals surface area contributed by atoms with Gasteiger partial charge < -0.3 is 9.80 Å². The van der Waals surface area contributed by atoms with E-state index in [9.17, 15) is 13.2 Å². The molecule has 1 aliphatic heterocycles. The van der Waals surface area contributed by atoms with Crippen LogP contribution in [0, 0.1) is 6.92 Å². The maximum atomic E-state index is 12.1. The van der Waals surface area contributed by atoms with Crippen LogP contribution in [0.25, 0.3) is 0 Å². The Hall–Kier alpha value is -1.44. The van der Waals surface area contributed by atoms with Crippen molar-refractivity contribution < 1.29 is 13.2 Å². The zero-order chi connectivity index (χ0) is 16.5. The number of benzene rings is 1. The fraction of sp³-hybridized carbons (Fsp3) is 0.533. The summed E-state index contributed by atoms with van der Waals surface area (Å²) in [7, 11) is 0.223. The van der Waals surface area contributed by atoms with Crippen LogP contribution in [0.3, 0.4) is 0 Å². The van der Waals surface area contributed by atoms with Crippen molar-refractivity contribution in [3.05, 3.63) is 35.4 Å². The normalized spacial score (nSPS) is 20.7. The third kappa shape index (κ3) is 3.85. The van der Waals surface area contributed by atoms with Gasteiger partial charge in [0, 0.05) is 19.5 Å². The summed E-state index contributed by atoms with van der Waals surface area (Å²) in [5, 5.41) is 4.38. The van der Waals surface area contributed by atoms with Gasteiger partial charge >= 0.3 is 0 Å². The van der Waals surface area contributed by atoms with Crippen LogP contribution in [0.15, 0.2) is 24.3 Å². The van der Waals surface area contributed by atoms with E-state index in [0.717, 1.165) is 5.56 Å². The van der Waals surface area contributed by atoms with Crippen molar-refractivity contribution in [3.63, 3.8) is 0 Å². The number of hydrogen-bond acceptors (Lipinski definition) is 4. The van der Waals surface area contributed by atoms with Crippen LogP contribution >= 0.6 is 0 Å². The molecule has 2 atom stereocenters. The summed E-state index contributed by atoms with van der Waals surface area (Å²) >= 11 is 0. The Balaban J connectivity index is 2.15. The minimum atomic E-state index is -3.67. The van der Waals surface area contributed by atoms with Gasteiger partial charge in [0.1, 0.15) is 5.25 Å². The molecule has 22 heavy (non-hydrogen) atoms. The van der Waals surface area contributed by atoms with E-state index < -0.39 is 15.3 Å². The molecule has 2 N–H and O–H groups in total. The summed E-state index contributed by atoms with van der Waals surface area (Å²) in [6, 6.07) is 8.16. The molecule has 7 heteroatoms. The van der Waals surface area contributed by atoms with E-state index in [4.69, 9.17) is 5.14 Å². The Kier molecular flexibility index (Phi) is 4.89. The smallest absolute Gasteiger partial charge is 0.224 e. The van der Waals surface area contributed by atoms with Crippen LogP contribution in [0.2, 0.25) is 0 Å². The summed E-state index contributed by atoms with van der Waals surface area (Å²) in [6.07, 6.45) is -0.0210. The molecule has 0 radical (unpaired) electrons. The van der Waals surface area contributed by atoms with Gasteiger partial charge in [0.2, 0.25) is 15.9 Å². The van der Waals surface area contributed by atoms with E-state index in [1.807, 2.05) is 50.2 Å². The molecule has 1 fully saturated rings. The molecule has 1 saturated heterocycles. The first-order valence-electron chi connectivity index (χ1n) is 7.21. The Morgan fingerprint density at radius 2 is 1.91 bits per heavy atom. The number of carbonyl (C=O) groups is 1. The van der Waals surface area contributed by atoms with Crippen molar-refractivity contribution in [1.82, 2.24) is 9.80 Å². The Labute approximate surface area is 131 Å². The van der Waals surface area contributed by atoms with Crippen LogP contribution in [-0.2, 0) is 14.8 Å². The van der Waals surface area contributed by atoms with Gasteiger partial charge in [-0.1, -0.05) is 29.8 Å². The fourth-order valence-corrected chi connectivity index (χ4v) is 3.46. The number of rotatable bonds is 5. The number of aryl methyl sites for hydroxylation is 1. The number of nitrogens with two attached hydrogens (primary N) is 1. The molecule has 1 aliphatic rings. The zero-order valence-electron chi connectivity index (χ0n) is 13.2. The van der Waals surface area contributed by atoms with Crippen molar-refractivity contribution in [3.8, 4) is 0 Å². The second-order valence-electron chi connectivity index (χ2n) is 6.10. The number of hydrogen-bond donors (Lipinski definition) is 1. The first-order chi connectivity index (χ1) is 10.2. The van der Waals surface area contributed by atoms with Gasteiger partial charge in [-0.15, -0.1) is 0 Å². The number of sulfonamides is 1. The molecular weight excluding hydrogens is 302 g/mol. The van der Waals surface area contributed by atoms with Gasteiger partial charge in [0.15, 0.2) is 0 Å². The molecule has 0 saturated carbocycles. The lowest BCUT2D eigenvalue weighted by Gasteiger charge is -2.29. The van der Waals surface area contributed by atoms with E-state index in [2.05, 4.69) is 0 Å². The molecular formula is C15H23N3O3S. The van der Waals surface area contributed by atoms with Crippen LogP contribution in [0.1, 0.15) is 23.6 Å². The number of amides is 1. The molecule has 1 aromatic carbocycles. The quantitative estimate of drug-likeness (QED) is 0.854. The summed E-state index contributed by atoms with van der Waals surface area (Å²) in [4.78, 5) is 15.7. The van der Waals surface area contributed by atoms with Crippen LogP contribution in [0.5, 0.6) is 0 Å². The predicted octanol–water partition coefficient (Wildman–Crippen LogP) is 0.487. The lowest BCUT2D eigenvalue weighted by Crippen LogP contribution is -2.37. The highest BCUT2D eigenvalue weighted by Gasteiger charge is 2.37. The summed E-state index contributed by atoms with van der Waals surface area (Å²) in [5.74, 6) is -0.155. The van der Waals surface area contributed by atoms with Crippen molar-refractivity contribution in [2.45, 2.75) is 24.6 Å². The third-order valence-electron chi connectivity index (χ3n) is 4.12. The second-order valence-corrected chi connectivity index (χ2v) is 7.95. The second kappa shape index (κ2) is 6.36. The molecule has 0 bridgehead atoms. The van der Waals surface area contributed by atoms with E-state index in [1.165, 1.54) is 5.56 Å². The monoisotopic (exact) mass is 325 g/mol. The maximum Gasteiger partial charge on any atom is 0.224 e. The zero-order valence-corrected chi connectivity index (χ0v) is 14.0. The molecule has 2 unspecified atom stereocenters. The van der Waals surface area contributed by atoms with Crippen LogP contribution in [0.4, 0.5) is 0 Å². The first kappa shape index (κ1) is 16.9. The summed E-state index contributed by atoms with van der Waals surface area (Å²) in [6.45, 7) is 2.66. The topological polar surface area (TPSA) is 83.7 Å². The first-order valence-corrected chi connectivity index (χ1v) is 8.82. The van der Waals surface area contributed by atoms with Gasteiger partial charge in [0.05, 0.1) is 6.04 Å². The highest BCUT2D eigenvalue weighted by molar-refractivity contribution is 7.89. The largest absolute Gasteiger partial charge is 0.339 e. The standard InChI is InChI=1S/C15H23N3O3S/c1-11-4-6-12(7-5-11)14(17(2)3)10-18-9-13(8-15(18)19)22(16,20)21/h4-7,13-14H,8-10H2,1-3H3,(H2,16,20,21). The SMILES string of the molecule is Cc1ccc(C(CN2CC(S(N)(=O)=O)CC2=O)N(C)C)cc1. The number of likely N-dealkylation sites (N-methyl/N-ethyl adjacent to an activating group) is 1. The molecule has 1 amide bonds. The molecule has 0 spiro atoms. The minimum absolute atomic E-state index is 0.0174. The maximum absolute atomic E-state index is 12.1. The summed E-state index contributed by atoms with van der Waals surface area (Å²) in [5.41, 5.74) is 2.27. The lowest BCUT2D eigenvalue weighted by atomic mass is 10.0. The Bertz CT molecular complexity index is 641. The van der Waals surface area contributed by atoms with E-state index in [-0.39, 0.29) is 24.9 Å². The highest BCUT2D eigenvalue weighted by Crippen LogP contribution is 2.24. The summed E-state index contributed by atoms with van der Waals surface area (Å²) < 4.78 is 22.9. The van der Waals surface area contributed by atoms with Crippen molar-refractivity contribution >= 4 is 15.9 Å². The predicted molar refractivity (Wildman–Crippen MR) is 85.7 cm³/mol. The number of carbonyl (C=O) groups excluding carboxylic acids is 1. The van der Waals surface area contributed by atoms with Crippen molar-refractivity contribution in [1.29, 1.82) is 0 Å². The van der Waals surface area contributed by atoms with Gasteiger partial charge in [-0.2, -0.15) is 0 Å². The minimum Gasteiger partial charge on any atom is -0.339 e. The molecule has 0 aliphatic carbocycles. The molecule has 6 nitrogen and oxygen atoms in total. The Morgan fingerprint density at radius 3 is 2.36 bits per heavy atom. The molecule has 122 valence electrons. The molecule has 1 heterocycles. The third-order valence-corrected chi connectivity index (χ3v) is 5.37. The number of nitrogens with zero attached hydrogens (tertiary/aromatic N) is 2. The average molecular weight is 325 g/mol. The van der Waals surface area contributed by atoms with Crippen LogP contribution in [-0.4, -0.2) is 56.6 Å². The average Bonchev–Trinajstić information content (AvgIpc) is 2.78. The van der Waals surface area contributed by atoms with E-state index >= 15 is 0 Å². The highest BCUT2D eigenvalue weighted by atomic mass is 32.2. The van der Waals surface area contributed by atoms with Gasteiger partial charge in [-0.3, -0.25) is 4.79 Å². The number of primary sulfonamides is 1. The molecule has 2 rings (SSSR count). The van der Waals surface area contributed by atoms with Gasteiger partial charge in [-0.25, -0.2) is 13.6 Å². The van der Waals surface area contributed by atoms with Crippen molar-refractivity contribution in [2.75, 3.05) is 27.2 Å². The Morgan fingerprint density at radius 1 is 1.32 bits per heavy atom. The van der Waals surface area contributed by atoms with Crippen LogP contribution < -0.4 is 5.14 Å². The van der Waals surface area contributed by atoms with Crippen molar-refractivity contribution in [2.24, 2.45) is 5.14 Å². The van der Waals surface area contributed by atoms with Gasteiger partial charge in [0.25, 0.3) is 0 Å².